The van der Waals surface area contributed by atoms with E-state index in [0.717, 1.165) is 16.0 Å². The van der Waals surface area contributed by atoms with E-state index in [2.05, 4.69) is 20.3 Å². The highest BCUT2D eigenvalue weighted by Crippen LogP contribution is 2.40. The summed E-state index contributed by atoms with van der Waals surface area (Å²) < 4.78 is 12.2. The Bertz CT molecular complexity index is 1490. The van der Waals surface area contributed by atoms with Crippen molar-refractivity contribution in [3.05, 3.63) is 41.7 Å². The summed E-state index contributed by atoms with van der Waals surface area (Å²) in [5.41, 5.74) is 5.70. The molecule has 11 nitrogen and oxygen atoms in total. The number of carbonyl (C=O) groups excluding carboxylic acids is 2. The van der Waals surface area contributed by atoms with Crippen LogP contribution in [0.2, 0.25) is 5.02 Å². The lowest BCUT2D eigenvalue weighted by atomic mass is 10.2. The molecule has 4 rings (SSSR count). The number of fused-ring (bicyclic) bond motifs is 1. The highest BCUT2D eigenvalue weighted by molar-refractivity contribution is 7.18. The maximum Gasteiger partial charge on any atom is 0.435 e. The van der Waals surface area contributed by atoms with Gasteiger partial charge in [-0.2, -0.15) is 9.78 Å². The molecule has 2 N–H and O–H groups in total. The molecule has 0 saturated heterocycles. The number of ether oxygens (including phenoxy) is 2. The second-order valence-corrected chi connectivity index (χ2v) is 11.4. The Morgan fingerprint density at radius 2 is 1.76 bits per heavy atom. The second kappa shape index (κ2) is 9.60. The van der Waals surface area contributed by atoms with Crippen LogP contribution in [-0.4, -0.2) is 48.4 Å². The summed E-state index contributed by atoms with van der Waals surface area (Å²) in [7, 11) is 0. The molecule has 3 aromatic heterocycles. The minimum atomic E-state index is -0.791. The van der Waals surface area contributed by atoms with Gasteiger partial charge in [0.15, 0.2) is 0 Å². The summed E-state index contributed by atoms with van der Waals surface area (Å²) in [5.74, 6) is 0.328. The van der Waals surface area contributed by atoms with Crippen molar-refractivity contribution < 1.29 is 19.1 Å². The summed E-state index contributed by atoms with van der Waals surface area (Å²) in [4.78, 5) is 31.2. The standard InChI is InChI=1S/C24H26ClN7O4S/c1-23(2,3)35-21(33)31(20-30-29-19(37-20)13-9-10-27-17(26)11-13)16-8-7-15-14(18(16)25)12-28-32(15)22(34)36-24(4,5)6/h7-12H,1-6H3,(H2,26,27). The minimum absolute atomic E-state index is 0.170. The number of benzene rings is 1. The van der Waals surface area contributed by atoms with Crippen LogP contribution >= 0.6 is 22.9 Å². The lowest BCUT2D eigenvalue weighted by molar-refractivity contribution is 0.0521. The molecule has 13 heteroatoms. The zero-order chi connectivity index (χ0) is 27.1. The Balaban J connectivity index is 1.80. The van der Waals surface area contributed by atoms with Gasteiger partial charge in [0.25, 0.3) is 0 Å². The lowest BCUT2D eigenvalue weighted by Gasteiger charge is -2.26. The molecular formula is C24H26ClN7O4S. The predicted octanol–water partition coefficient (Wildman–Crippen LogP) is 6.04. The Labute approximate surface area is 222 Å². The van der Waals surface area contributed by atoms with E-state index in [1.165, 1.54) is 11.1 Å². The van der Waals surface area contributed by atoms with E-state index in [9.17, 15) is 9.59 Å². The predicted molar refractivity (Wildman–Crippen MR) is 142 cm³/mol. The van der Waals surface area contributed by atoms with E-state index in [0.29, 0.717) is 27.3 Å². The summed E-state index contributed by atoms with van der Waals surface area (Å²) in [5, 5.41) is 13.9. The molecule has 3 heterocycles. The molecule has 1 amide bonds. The molecule has 194 valence electrons. The van der Waals surface area contributed by atoms with Crippen LogP contribution in [0.25, 0.3) is 21.5 Å². The Morgan fingerprint density at radius 3 is 2.41 bits per heavy atom. The van der Waals surface area contributed by atoms with Crippen molar-refractivity contribution in [3.63, 3.8) is 0 Å². The number of pyridine rings is 1. The van der Waals surface area contributed by atoms with Crippen molar-refractivity contribution in [2.24, 2.45) is 0 Å². The number of nitrogen functional groups attached to an aromatic ring is 1. The van der Waals surface area contributed by atoms with Gasteiger partial charge in [-0.05, 0) is 65.8 Å². The van der Waals surface area contributed by atoms with Crippen molar-refractivity contribution in [3.8, 4) is 10.6 Å². The molecule has 0 saturated carbocycles. The first kappa shape index (κ1) is 26.3. The summed E-state index contributed by atoms with van der Waals surface area (Å²) in [6.07, 6.45) is 1.64. The first-order valence-corrected chi connectivity index (χ1v) is 12.4. The summed E-state index contributed by atoms with van der Waals surface area (Å²) in [6.45, 7) is 10.5. The van der Waals surface area contributed by atoms with E-state index in [1.807, 2.05) is 0 Å². The maximum absolute atomic E-state index is 13.4. The van der Waals surface area contributed by atoms with Gasteiger partial charge in [0, 0.05) is 17.1 Å². The molecule has 0 radical (unpaired) electrons. The van der Waals surface area contributed by atoms with Gasteiger partial charge < -0.3 is 15.2 Å². The molecule has 1 aromatic carbocycles. The van der Waals surface area contributed by atoms with Gasteiger partial charge in [0.2, 0.25) is 5.13 Å². The number of amides is 1. The van der Waals surface area contributed by atoms with Crippen LogP contribution in [0.1, 0.15) is 41.5 Å². The van der Waals surface area contributed by atoms with Gasteiger partial charge in [-0.1, -0.05) is 22.9 Å². The van der Waals surface area contributed by atoms with Crippen molar-refractivity contribution in [2.45, 2.75) is 52.7 Å². The SMILES string of the molecule is CC(C)(C)OC(=O)N(c1nnc(-c2ccnc(N)c2)s1)c1ccc2c(cnn2C(=O)OC(C)(C)C)c1Cl. The fourth-order valence-electron chi connectivity index (χ4n) is 3.27. The largest absolute Gasteiger partial charge is 0.443 e. The average molecular weight is 544 g/mol. The first-order chi connectivity index (χ1) is 17.2. The summed E-state index contributed by atoms with van der Waals surface area (Å²) in [6, 6.07) is 6.60. The van der Waals surface area contributed by atoms with Crippen molar-refractivity contribution in [2.75, 3.05) is 10.6 Å². The third-order valence-corrected chi connectivity index (χ3v) is 6.04. The van der Waals surface area contributed by atoms with Gasteiger partial charge in [-0.3, -0.25) is 0 Å². The smallest absolute Gasteiger partial charge is 0.435 e. The van der Waals surface area contributed by atoms with E-state index >= 15 is 0 Å². The summed E-state index contributed by atoms with van der Waals surface area (Å²) >= 11 is 7.92. The quantitative estimate of drug-likeness (QED) is 0.327. The average Bonchev–Trinajstić information content (AvgIpc) is 3.41. The second-order valence-electron chi connectivity index (χ2n) is 10.0. The molecule has 0 atom stereocenters. The van der Waals surface area contributed by atoms with Gasteiger partial charge in [0.1, 0.15) is 22.0 Å². The first-order valence-electron chi connectivity index (χ1n) is 11.2. The highest BCUT2D eigenvalue weighted by atomic mass is 35.5. The molecule has 0 unspecified atom stereocenters. The van der Waals surface area contributed by atoms with Crippen molar-refractivity contribution in [1.29, 1.82) is 0 Å². The van der Waals surface area contributed by atoms with E-state index in [4.69, 9.17) is 26.8 Å². The monoisotopic (exact) mass is 543 g/mol. The van der Waals surface area contributed by atoms with Crippen LogP contribution in [-0.2, 0) is 9.47 Å². The molecule has 0 bridgehead atoms. The molecule has 4 aromatic rings. The number of nitrogens with two attached hydrogens (primary N) is 1. The number of anilines is 3. The number of hydrogen-bond acceptors (Lipinski definition) is 10. The minimum Gasteiger partial charge on any atom is -0.443 e. The van der Waals surface area contributed by atoms with Crippen molar-refractivity contribution in [1.82, 2.24) is 25.0 Å². The van der Waals surface area contributed by atoms with Gasteiger partial charge in [-0.15, -0.1) is 10.2 Å². The molecule has 0 aliphatic rings. The maximum atomic E-state index is 13.4. The Morgan fingerprint density at radius 1 is 1.05 bits per heavy atom. The molecular weight excluding hydrogens is 518 g/mol. The topological polar surface area (TPSA) is 138 Å². The number of nitrogens with zero attached hydrogens (tertiary/aromatic N) is 6. The number of halogens is 1. The molecule has 0 aliphatic carbocycles. The van der Waals surface area contributed by atoms with Crippen LogP contribution in [0, 0.1) is 0 Å². The van der Waals surface area contributed by atoms with Gasteiger partial charge in [-0.25, -0.2) is 19.5 Å². The van der Waals surface area contributed by atoms with E-state index in [1.54, 1.807) is 72.0 Å². The van der Waals surface area contributed by atoms with E-state index < -0.39 is 23.4 Å². The Hall–Kier alpha value is -3.77. The number of carbonyl (C=O) groups is 2. The highest BCUT2D eigenvalue weighted by Gasteiger charge is 2.31. The normalized spacial score (nSPS) is 12.0. The molecule has 0 aliphatic heterocycles. The Kier molecular flexibility index (Phi) is 6.82. The molecule has 0 fully saturated rings. The zero-order valence-electron chi connectivity index (χ0n) is 21.1. The van der Waals surface area contributed by atoms with Gasteiger partial charge >= 0.3 is 12.2 Å². The third-order valence-electron chi connectivity index (χ3n) is 4.68. The fraction of sp³-hybridized carbons (Fsp3) is 0.333. The number of hydrogen-bond donors (Lipinski definition) is 1. The van der Waals surface area contributed by atoms with E-state index in [-0.39, 0.29) is 15.8 Å². The third kappa shape index (κ3) is 5.81. The molecule has 37 heavy (non-hydrogen) atoms. The number of aromatic nitrogens is 5. The van der Waals surface area contributed by atoms with Crippen LogP contribution < -0.4 is 10.6 Å². The number of rotatable bonds is 3. The van der Waals surface area contributed by atoms with Gasteiger partial charge in [0.05, 0.1) is 22.4 Å². The fourth-order valence-corrected chi connectivity index (χ4v) is 4.41. The van der Waals surface area contributed by atoms with Crippen LogP contribution in [0.15, 0.2) is 36.7 Å². The molecule has 0 spiro atoms. The van der Waals surface area contributed by atoms with Crippen LogP contribution in [0.3, 0.4) is 0 Å². The zero-order valence-corrected chi connectivity index (χ0v) is 22.7. The van der Waals surface area contributed by atoms with Crippen LogP contribution in [0.5, 0.6) is 0 Å². The van der Waals surface area contributed by atoms with Crippen molar-refractivity contribution >= 4 is 62.7 Å². The van der Waals surface area contributed by atoms with Crippen LogP contribution in [0.4, 0.5) is 26.2 Å². The lowest BCUT2D eigenvalue weighted by Crippen LogP contribution is -2.34.